The van der Waals surface area contributed by atoms with Gasteiger partial charge in [-0.2, -0.15) is 0 Å². The minimum Gasteiger partial charge on any atom is -0.480 e. The first-order valence-corrected chi connectivity index (χ1v) is 4.29. The lowest BCUT2D eigenvalue weighted by molar-refractivity contribution is 0.279. The summed E-state index contributed by atoms with van der Waals surface area (Å²) in [5.41, 5.74) is 7.60. The van der Waals surface area contributed by atoms with Gasteiger partial charge in [-0.25, -0.2) is 4.99 Å². The summed E-state index contributed by atoms with van der Waals surface area (Å²) in [6.07, 6.45) is -0.117. The molecule has 0 saturated heterocycles. The third kappa shape index (κ3) is 1.26. The normalized spacial score (nSPS) is 20.2. The second-order valence-electron chi connectivity index (χ2n) is 3.22. The van der Waals surface area contributed by atoms with Crippen LogP contribution in [0.1, 0.15) is 12.5 Å². The van der Waals surface area contributed by atoms with Gasteiger partial charge in [0.15, 0.2) is 6.10 Å². The summed E-state index contributed by atoms with van der Waals surface area (Å²) < 4.78 is 5.62. The molecule has 1 aromatic carbocycles. The van der Waals surface area contributed by atoms with Crippen molar-refractivity contribution in [2.24, 2.45) is 10.7 Å². The van der Waals surface area contributed by atoms with Gasteiger partial charge in [-0.3, -0.25) is 0 Å². The number of aryl methyl sites for hydroxylation is 1. The minimum atomic E-state index is -0.117. The van der Waals surface area contributed by atoms with Crippen LogP contribution >= 0.6 is 0 Å². The first-order chi connectivity index (χ1) is 6.18. The molecular weight excluding hydrogens is 164 g/mol. The molecule has 1 aliphatic heterocycles. The average molecular weight is 176 g/mol. The fraction of sp³-hybridized carbons (Fsp3) is 0.300. The zero-order chi connectivity index (χ0) is 9.42. The highest BCUT2D eigenvalue weighted by molar-refractivity contribution is 5.90. The summed E-state index contributed by atoms with van der Waals surface area (Å²) in [5, 5.41) is 0. The summed E-state index contributed by atoms with van der Waals surface area (Å²) in [7, 11) is 0. The molecule has 3 nitrogen and oxygen atoms in total. The molecule has 0 amide bonds. The van der Waals surface area contributed by atoms with Gasteiger partial charge >= 0.3 is 0 Å². The highest BCUT2D eigenvalue weighted by Crippen LogP contribution is 2.34. The van der Waals surface area contributed by atoms with Gasteiger partial charge in [0, 0.05) is 0 Å². The lowest BCUT2D eigenvalue weighted by Gasteiger charge is -2.22. The van der Waals surface area contributed by atoms with Crippen LogP contribution in [-0.4, -0.2) is 11.9 Å². The Morgan fingerprint density at radius 3 is 3.00 bits per heavy atom. The fourth-order valence-corrected chi connectivity index (χ4v) is 1.35. The SMILES string of the molecule is Cc1cccc2c1OC(C)C(N)=N2. The summed E-state index contributed by atoms with van der Waals surface area (Å²) in [5.74, 6) is 1.39. The molecule has 0 bridgehead atoms. The van der Waals surface area contributed by atoms with Crippen molar-refractivity contribution in [1.29, 1.82) is 0 Å². The maximum atomic E-state index is 5.67. The van der Waals surface area contributed by atoms with Crippen LogP contribution in [0.4, 0.5) is 5.69 Å². The molecule has 1 heterocycles. The number of amidine groups is 1. The molecular formula is C10H12N2O. The van der Waals surface area contributed by atoms with E-state index in [2.05, 4.69) is 4.99 Å². The topological polar surface area (TPSA) is 47.6 Å². The highest BCUT2D eigenvalue weighted by atomic mass is 16.5. The molecule has 2 rings (SSSR count). The van der Waals surface area contributed by atoms with Gasteiger partial charge in [0.2, 0.25) is 0 Å². The third-order valence-electron chi connectivity index (χ3n) is 2.15. The molecule has 68 valence electrons. The van der Waals surface area contributed by atoms with E-state index >= 15 is 0 Å². The predicted molar refractivity (Wildman–Crippen MR) is 52.6 cm³/mol. The molecule has 13 heavy (non-hydrogen) atoms. The Bertz CT molecular complexity index is 371. The highest BCUT2D eigenvalue weighted by Gasteiger charge is 2.18. The Kier molecular flexibility index (Phi) is 1.72. The van der Waals surface area contributed by atoms with E-state index in [0.29, 0.717) is 5.84 Å². The predicted octanol–water partition coefficient (Wildman–Crippen LogP) is 1.76. The number of nitrogens with zero attached hydrogens (tertiary/aromatic N) is 1. The summed E-state index contributed by atoms with van der Waals surface area (Å²) in [6, 6.07) is 5.86. The molecule has 1 unspecified atom stereocenters. The fourth-order valence-electron chi connectivity index (χ4n) is 1.35. The zero-order valence-corrected chi connectivity index (χ0v) is 7.74. The number of para-hydroxylation sites is 1. The Hall–Kier alpha value is -1.51. The minimum absolute atomic E-state index is 0.117. The van der Waals surface area contributed by atoms with Crippen molar-refractivity contribution in [2.45, 2.75) is 20.0 Å². The van der Waals surface area contributed by atoms with Gasteiger partial charge in [0.1, 0.15) is 17.3 Å². The number of hydrogen-bond acceptors (Lipinski definition) is 3. The molecule has 2 N–H and O–H groups in total. The van der Waals surface area contributed by atoms with Crippen molar-refractivity contribution in [2.75, 3.05) is 0 Å². The Morgan fingerprint density at radius 2 is 2.23 bits per heavy atom. The van der Waals surface area contributed by atoms with Crippen LogP contribution in [0, 0.1) is 6.92 Å². The molecule has 1 atom stereocenters. The van der Waals surface area contributed by atoms with E-state index in [1.807, 2.05) is 32.0 Å². The van der Waals surface area contributed by atoms with Gasteiger partial charge in [-0.1, -0.05) is 12.1 Å². The number of ether oxygens (including phenoxy) is 1. The van der Waals surface area contributed by atoms with E-state index in [-0.39, 0.29) is 6.10 Å². The third-order valence-corrected chi connectivity index (χ3v) is 2.15. The van der Waals surface area contributed by atoms with E-state index in [9.17, 15) is 0 Å². The van der Waals surface area contributed by atoms with Crippen molar-refractivity contribution in [1.82, 2.24) is 0 Å². The van der Waals surface area contributed by atoms with E-state index in [1.54, 1.807) is 0 Å². The quantitative estimate of drug-likeness (QED) is 0.654. The molecule has 0 spiro atoms. The molecule has 0 saturated carbocycles. The van der Waals surface area contributed by atoms with Crippen LogP contribution in [0.15, 0.2) is 23.2 Å². The van der Waals surface area contributed by atoms with Crippen molar-refractivity contribution in [3.8, 4) is 5.75 Å². The largest absolute Gasteiger partial charge is 0.480 e. The second-order valence-corrected chi connectivity index (χ2v) is 3.22. The van der Waals surface area contributed by atoms with Crippen LogP contribution in [0.2, 0.25) is 0 Å². The maximum Gasteiger partial charge on any atom is 0.153 e. The molecule has 0 radical (unpaired) electrons. The van der Waals surface area contributed by atoms with Crippen LogP contribution in [0.5, 0.6) is 5.75 Å². The van der Waals surface area contributed by atoms with Gasteiger partial charge in [-0.05, 0) is 25.5 Å². The van der Waals surface area contributed by atoms with Gasteiger partial charge in [0.05, 0.1) is 0 Å². The lowest BCUT2D eigenvalue weighted by atomic mass is 10.1. The first-order valence-electron chi connectivity index (χ1n) is 4.29. The molecule has 0 aliphatic carbocycles. The van der Waals surface area contributed by atoms with Gasteiger partial charge in [0.25, 0.3) is 0 Å². The van der Waals surface area contributed by atoms with Crippen LogP contribution in [0.25, 0.3) is 0 Å². The maximum absolute atomic E-state index is 5.67. The van der Waals surface area contributed by atoms with E-state index in [0.717, 1.165) is 17.0 Å². The summed E-state index contributed by atoms with van der Waals surface area (Å²) >= 11 is 0. The van der Waals surface area contributed by atoms with Gasteiger partial charge in [-0.15, -0.1) is 0 Å². The number of rotatable bonds is 0. The van der Waals surface area contributed by atoms with Crippen molar-refractivity contribution < 1.29 is 4.74 Å². The number of benzene rings is 1. The Labute approximate surface area is 77.2 Å². The number of fused-ring (bicyclic) bond motifs is 1. The molecule has 0 fully saturated rings. The van der Waals surface area contributed by atoms with E-state index < -0.39 is 0 Å². The summed E-state index contributed by atoms with van der Waals surface area (Å²) in [6.45, 7) is 3.90. The molecule has 1 aromatic rings. The monoisotopic (exact) mass is 176 g/mol. The summed E-state index contributed by atoms with van der Waals surface area (Å²) in [4.78, 5) is 4.26. The average Bonchev–Trinajstić information content (AvgIpc) is 2.09. The van der Waals surface area contributed by atoms with E-state index in [4.69, 9.17) is 10.5 Å². The van der Waals surface area contributed by atoms with Crippen LogP contribution in [-0.2, 0) is 0 Å². The Morgan fingerprint density at radius 1 is 1.46 bits per heavy atom. The molecule has 3 heteroatoms. The second kappa shape index (κ2) is 2.76. The van der Waals surface area contributed by atoms with Crippen molar-refractivity contribution in [3.63, 3.8) is 0 Å². The standard InChI is InChI=1S/C10H12N2O/c1-6-4-3-5-8-9(6)13-7(2)10(11)12-8/h3-5,7H,1-2H3,(H2,11,12). The van der Waals surface area contributed by atoms with Crippen LogP contribution in [0.3, 0.4) is 0 Å². The number of nitrogens with two attached hydrogens (primary N) is 1. The number of aliphatic imine (C=N–C) groups is 1. The lowest BCUT2D eigenvalue weighted by Crippen LogP contribution is -2.33. The van der Waals surface area contributed by atoms with Gasteiger partial charge < -0.3 is 10.5 Å². The molecule has 0 aromatic heterocycles. The van der Waals surface area contributed by atoms with E-state index in [1.165, 1.54) is 0 Å². The van der Waals surface area contributed by atoms with Crippen LogP contribution < -0.4 is 10.5 Å². The van der Waals surface area contributed by atoms with Crippen molar-refractivity contribution in [3.05, 3.63) is 23.8 Å². The zero-order valence-electron chi connectivity index (χ0n) is 7.74. The number of hydrogen-bond donors (Lipinski definition) is 1. The smallest absolute Gasteiger partial charge is 0.153 e. The first kappa shape index (κ1) is 8.10. The Balaban J connectivity index is 2.56. The molecule has 1 aliphatic rings. The van der Waals surface area contributed by atoms with Crippen molar-refractivity contribution >= 4 is 11.5 Å².